The van der Waals surface area contributed by atoms with Crippen molar-refractivity contribution in [1.82, 2.24) is 15.2 Å². The van der Waals surface area contributed by atoms with Gasteiger partial charge < -0.3 is 20.9 Å². The summed E-state index contributed by atoms with van der Waals surface area (Å²) in [5, 5.41) is 3.63. The van der Waals surface area contributed by atoms with Crippen LogP contribution in [0.4, 0.5) is 5.69 Å². The number of rotatable bonds is 2. The van der Waals surface area contributed by atoms with Crippen LogP contribution in [-0.2, 0) is 4.79 Å². The summed E-state index contributed by atoms with van der Waals surface area (Å²) in [5.41, 5.74) is 7.61. The molecule has 1 atom stereocenters. The van der Waals surface area contributed by atoms with Crippen molar-refractivity contribution in [2.45, 2.75) is 12.5 Å². The van der Waals surface area contributed by atoms with Crippen LogP contribution in [0.5, 0.6) is 0 Å². The van der Waals surface area contributed by atoms with Crippen molar-refractivity contribution in [3.8, 4) is 0 Å². The molecule has 104 valence electrons. The maximum atomic E-state index is 12.2. The van der Waals surface area contributed by atoms with Crippen molar-refractivity contribution < 1.29 is 9.59 Å². The van der Waals surface area contributed by atoms with E-state index in [0.29, 0.717) is 24.3 Å². The molecule has 1 aromatic heterocycles. The summed E-state index contributed by atoms with van der Waals surface area (Å²) >= 11 is 0. The van der Waals surface area contributed by atoms with E-state index in [-0.39, 0.29) is 11.8 Å². The van der Waals surface area contributed by atoms with E-state index in [2.05, 4.69) is 10.3 Å². The summed E-state index contributed by atoms with van der Waals surface area (Å²) < 4.78 is 0. The molecule has 0 aliphatic carbocycles. The summed E-state index contributed by atoms with van der Waals surface area (Å²) in [6.45, 7) is 0.670. The Morgan fingerprint density at radius 1 is 1.50 bits per heavy atom. The molecule has 0 spiro atoms. The molecule has 1 saturated heterocycles. The van der Waals surface area contributed by atoms with Crippen LogP contribution in [0.1, 0.15) is 16.9 Å². The Kier molecular flexibility index (Phi) is 2.85. The minimum atomic E-state index is -0.434. The van der Waals surface area contributed by atoms with Crippen molar-refractivity contribution in [2.24, 2.45) is 0 Å². The molecule has 4 N–H and O–H groups in total. The van der Waals surface area contributed by atoms with Gasteiger partial charge in [0.15, 0.2) is 0 Å². The second-order valence-electron chi connectivity index (χ2n) is 5.07. The number of aromatic nitrogens is 1. The monoisotopic (exact) mass is 272 g/mol. The average Bonchev–Trinajstić information content (AvgIpc) is 2.99. The van der Waals surface area contributed by atoms with Crippen LogP contribution < -0.4 is 11.1 Å². The Balaban J connectivity index is 1.82. The maximum absolute atomic E-state index is 12.2. The van der Waals surface area contributed by atoms with Crippen LogP contribution in [0, 0.1) is 0 Å². The zero-order valence-corrected chi connectivity index (χ0v) is 11.1. The summed E-state index contributed by atoms with van der Waals surface area (Å²) in [6.07, 6.45) is 0.642. The summed E-state index contributed by atoms with van der Waals surface area (Å²) in [4.78, 5) is 28.6. The third-order valence-electron chi connectivity index (χ3n) is 3.67. The minimum Gasteiger partial charge on any atom is -0.397 e. The molecule has 3 rings (SSSR count). The highest BCUT2D eigenvalue weighted by atomic mass is 16.2. The van der Waals surface area contributed by atoms with Gasteiger partial charge in [0, 0.05) is 19.0 Å². The summed E-state index contributed by atoms with van der Waals surface area (Å²) in [7, 11) is 1.73. The van der Waals surface area contributed by atoms with Crippen molar-refractivity contribution in [3.63, 3.8) is 0 Å². The number of hydrogen-bond donors (Lipinski definition) is 3. The number of nitrogens with one attached hydrogen (secondary N) is 2. The van der Waals surface area contributed by atoms with Crippen LogP contribution in [0.15, 0.2) is 24.3 Å². The van der Waals surface area contributed by atoms with E-state index in [1.165, 1.54) is 0 Å². The number of amides is 2. The van der Waals surface area contributed by atoms with Gasteiger partial charge in [0.25, 0.3) is 5.91 Å². The van der Waals surface area contributed by atoms with Gasteiger partial charge in [-0.25, -0.2) is 0 Å². The van der Waals surface area contributed by atoms with Gasteiger partial charge in [0.2, 0.25) is 5.91 Å². The summed E-state index contributed by atoms with van der Waals surface area (Å²) in [5.74, 6) is -0.330. The van der Waals surface area contributed by atoms with E-state index in [0.717, 1.165) is 10.9 Å². The quantitative estimate of drug-likeness (QED) is 0.703. The molecule has 1 fully saturated rings. The van der Waals surface area contributed by atoms with Crippen LogP contribution in [0.25, 0.3) is 10.9 Å². The molecular weight excluding hydrogens is 256 g/mol. The standard InChI is InChI=1S/C14H16N4O2/c1-18-6-5-10(14(18)20)17-13(19)11-7-8-3-2-4-9(15)12(8)16-11/h2-4,7,10,16H,5-6,15H2,1H3,(H,17,19). The van der Waals surface area contributed by atoms with E-state index in [9.17, 15) is 9.59 Å². The number of H-pyrrole nitrogens is 1. The average molecular weight is 272 g/mol. The highest BCUT2D eigenvalue weighted by Crippen LogP contribution is 2.21. The SMILES string of the molecule is CN1CCC(NC(=O)c2cc3cccc(N)c3[nH]2)C1=O. The third kappa shape index (κ3) is 1.99. The lowest BCUT2D eigenvalue weighted by Gasteiger charge is -2.11. The van der Waals surface area contributed by atoms with Gasteiger partial charge in [0.05, 0.1) is 11.2 Å². The van der Waals surface area contributed by atoms with Gasteiger partial charge >= 0.3 is 0 Å². The Labute approximate surface area is 115 Å². The smallest absolute Gasteiger partial charge is 0.268 e. The summed E-state index contributed by atoms with van der Waals surface area (Å²) in [6, 6.07) is 6.80. The van der Waals surface area contributed by atoms with Crippen LogP contribution in [0.2, 0.25) is 0 Å². The highest BCUT2D eigenvalue weighted by molar-refractivity contribution is 6.02. The number of anilines is 1. The second kappa shape index (κ2) is 4.56. The second-order valence-corrected chi connectivity index (χ2v) is 5.07. The normalized spacial score (nSPS) is 18.8. The predicted molar refractivity (Wildman–Crippen MR) is 76.2 cm³/mol. The fourth-order valence-electron chi connectivity index (χ4n) is 2.49. The van der Waals surface area contributed by atoms with Crippen LogP contribution >= 0.6 is 0 Å². The number of nitrogen functional groups attached to an aromatic ring is 1. The first-order valence-electron chi connectivity index (χ1n) is 6.49. The molecule has 1 aromatic carbocycles. The lowest BCUT2D eigenvalue weighted by Crippen LogP contribution is -2.40. The fourth-order valence-corrected chi connectivity index (χ4v) is 2.49. The number of likely N-dealkylation sites (N-methyl/N-ethyl adjacent to an activating group) is 1. The van der Waals surface area contributed by atoms with Gasteiger partial charge in [0.1, 0.15) is 11.7 Å². The molecule has 20 heavy (non-hydrogen) atoms. The minimum absolute atomic E-state index is 0.0472. The topological polar surface area (TPSA) is 91.2 Å². The predicted octanol–water partition coefficient (Wildman–Crippen LogP) is 0.711. The van der Waals surface area contributed by atoms with Crippen molar-refractivity contribution in [3.05, 3.63) is 30.0 Å². The van der Waals surface area contributed by atoms with Gasteiger partial charge in [-0.15, -0.1) is 0 Å². The van der Waals surface area contributed by atoms with Gasteiger partial charge in [-0.05, 0) is 18.6 Å². The number of fused-ring (bicyclic) bond motifs is 1. The Bertz CT molecular complexity index is 692. The molecule has 6 nitrogen and oxygen atoms in total. The molecule has 2 amide bonds. The first-order valence-corrected chi connectivity index (χ1v) is 6.49. The Morgan fingerprint density at radius 2 is 2.30 bits per heavy atom. The molecule has 2 aromatic rings. The van der Waals surface area contributed by atoms with Gasteiger partial charge in [-0.2, -0.15) is 0 Å². The molecule has 1 aliphatic heterocycles. The van der Waals surface area contributed by atoms with Gasteiger partial charge in [-0.3, -0.25) is 9.59 Å². The molecule has 0 bridgehead atoms. The number of carbonyl (C=O) groups excluding carboxylic acids is 2. The van der Waals surface area contributed by atoms with Crippen LogP contribution in [-0.4, -0.2) is 41.3 Å². The molecule has 0 radical (unpaired) electrons. The third-order valence-corrected chi connectivity index (χ3v) is 3.67. The van der Waals surface area contributed by atoms with E-state index in [1.54, 1.807) is 24.1 Å². The Hall–Kier alpha value is -2.50. The number of para-hydroxylation sites is 1. The van der Waals surface area contributed by atoms with E-state index < -0.39 is 6.04 Å². The first-order chi connectivity index (χ1) is 9.56. The largest absolute Gasteiger partial charge is 0.397 e. The molecule has 6 heteroatoms. The zero-order chi connectivity index (χ0) is 14.3. The zero-order valence-electron chi connectivity index (χ0n) is 11.1. The molecule has 2 heterocycles. The lowest BCUT2D eigenvalue weighted by molar-refractivity contribution is -0.128. The van der Waals surface area contributed by atoms with E-state index in [4.69, 9.17) is 5.73 Å². The highest BCUT2D eigenvalue weighted by Gasteiger charge is 2.30. The molecular formula is C14H16N4O2. The van der Waals surface area contributed by atoms with Crippen molar-refractivity contribution in [2.75, 3.05) is 19.3 Å². The van der Waals surface area contributed by atoms with Crippen molar-refractivity contribution in [1.29, 1.82) is 0 Å². The number of likely N-dealkylation sites (tertiary alicyclic amines) is 1. The molecule has 1 aliphatic rings. The van der Waals surface area contributed by atoms with E-state index in [1.807, 2.05) is 12.1 Å². The number of benzene rings is 1. The Morgan fingerprint density at radius 3 is 2.95 bits per heavy atom. The molecule has 0 saturated carbocycles. The van der Waals surface area contributed by atoms with Crippen molar-refractivity contribution >= 4 is 28.4 Å². The van der Waals surface area contributed by atoms with E-state index >= 15 is 0 Å². The van der Waals surface area contributed by atoms with Gasteiger partial charge in [-0.1, -0.05) is 12.1 Å². The first kappa shape index (κ1) is 12.5. The number of nitrogens with zero attached hydrogens (tertiary/aromatic N) is 1. The fraction of sp³-hybridized carbons (Fsp3) is 0.286. The maximum Gasteiger partial charge on any atom is 0.268 e. The van der Waals surface area contributed by atoms with Crippen LogP contribution in [0.3, 0.4) is 0 Å². The number of carbonyl (C=O) groups is 2. The lowest BCUT2D eigenvalue weighted by atomic mass is 10.2. The number of nitrogens with two attached hydrogens (primary N) is 1. The number of hydrogen-bond acceptors (Lipinski definition) is 3. The number of aromatic amines is 1. The molecule has 1 unspecified atom stereocenters.